The lowest BCUT2D eigenvalue weighted by Crippen LogP contribution is -2.57. The minimum absolute atomic E-state index is 0.125. The van der Waals surface area contributed by atoms with Crippen LogP contribution in [0.25, 0.3) is 0 Å². The number of morpholine rings is 1. The number of hydrogen-bond donors (Lipinski definition) is 0. The average molecular weight is 261 g/mol. The fraction of sp³-hybridized carbons (Fsp3) is 0.625. The smallest absolute Gasteiger partial charge is 0.119 e. The third kappa shape index (κ3) is 2.15. The van der Waals surface area contributed by atoms with Crippen LogP contribution in [0.1, 0.15) is 31.2 Å². The van der Waals surface area contributed by atoms with Crippen LogP contribution < -0.4 is 4.74 Å². The van der Waals surface area contributed by atoms with Gasteiger partial charge in [0.15, 0.2) is 0 Å². The molecule has 1 saturated carbocycles. The second-order valence-corrected chi connectivity index (χ2v) is 5.71. The Morgan fingerprint density at radius 2 is 2.26 bits per heavy atom. The zero-order valence-electron chi connectivity index (χ0n) is 11.9. The Morgan fingerprint density at radius 3 is 3.11 bits per heavy atom. The van der Waals surface area contributed by atoms with Gasteiger partial charge in [-0.05, 0) is 37.6 Å². The van der Waals surface area contributed by atoms with Crippen molar-refractivity contribution < 1.29 is 9.47 Å². The van der Waals surface area contributed by atoms with Crippen LogP contribution in [0.2, 0.25) is 0 Å². The maximum Gasteiger partial charge on any atom is 0.119 e. The average Bonchev–Trinajstić information content (AvgIpc) is 2.48. The van der Waals surface area contributed by atoms with Gasteiger partial charge in [-0.1, -0.05) is 25.0 Å². The van der Waals surface area contributed by atoms with Gasteiger partial charge < -0.3 is 9.47 Å². The van der Waals surface area contributed by atoms with Gasteiger partial charge in [0, 0.05) is 12.6 Å². The predicted octanol–water partition coefficient (Wildman–Crippen LogP) is 2.80. The standard InChI is InChI=1S/C16H23NO2/c1-17-10-11-19-16(9-4-3-8-15(16)17)13-6-5-7-14(12-13)18-2/h5-7,12,15H,3-4,8-11H2,1-2H3. The molecule has 2 atom stereocenters. The lowest BCUT2D eigenvalue weighted by Gasteiger charge is -2.51. The van der Waals surface area contributed by atoms with Gasteiger partial charge in [-0.25, -0.2) is 0 Å². The number of methoxy groups -OCH3 is 1. The van der Waals surface area contributed by atoms with Gasteiger partial charge in [0.05, 0.1) is 13.7 Å². The van der Waals surface area contributed by atoms with Crippen LogP contribution in [0.5, 0.6) is 5.75 Å². The quantitative estimate of drug-likeness (QED) is 0.817. The number of hydrogen-bond acceptors (Lipinski definition) is 3. The SMILES string of the molecule is COc1cccc(C23CCCCC2N(C)CCO3)c1. The summed E-state index contributed by atoms with van der Waals surface area (Å²) in [6, 6.07) is 8.93. The molecule has 1 aliphatic heterocycles. The highest BCUT2D eigenvalue weighted by Crippen LogP contribution is 2.45. The summed E-state index contributed by atoms with van der Waals surface area (Å²) in [6.07, 6.45) is 4.91. The lowest BCUT2D eigenvalue weighted by molar-refractivity contribution is -0.165. The molecule has 2 aliphatic rings. The molecule has 1 heterocycles. The molecule has 1 aromatic rings. The predicted molar refractivity (Wildman–Crippen MR) is 75.5 cm³/mol. The third-order valence-electron chi connectivity index (χ3n) is 4.71. The molecule has 3 rings (SSSR count). The minimum Gasteiger partial charge on any atom is -0.497 e. The van der Waals surface area contributed by atoms with Crippen LogP contribution in [-0.4, -0.2) is 38.3 Å². The number of ether oxygens (including phenoxy) is 2. The fourth-order valence-corrected chi connectivity index (χ4v) is 3.70. The first-order valence-electron chi connectivity index (χ1n) is 7.25. The van der Waals surface area contributed by atoms with Crippen molar-refractivity contribution in [1.82, 2.24) is 4.90 Å². The minimum atomic E-state index is -0.125. The molecular formula is C16H23NO2. The van der Waals surface area contributed by atoms with Gasteiger partial charge in [0.2, 0.25) is 0 Å². The molecule has 0 bridgehead atoms. The summed E-state index contributed by atoms with van der Waals surface area (Å²) in [7, 11) is 3.95. The molecule has 0 radical (unpaired) electrons. The van der Waals surface area contributed by atoms with Crippen molar-refractivity contribution in [1.29, 1.82) is 0 Å². The molecule has 104 valence electrons. The van der Waals surface area contributed by atoms with Gasteiger partial charge in [-0.2, -0.15) is 0 Å². The van der Waals surface area contributed by atoms with Crippen molar-refractivity contribution in [2.45, 2.75) is 37.3 Å². The van der Waals surface area contributed by atoms with E-state index in [1.807, 2.05) is 6.07 Å². The Hall–Kier alpha value is -1.06. The first kappa shape index (κ1) is 12.9. The number of fused-ring (bicyclic) bond motifs is 1. The summed E-state index contributed by atoms with van der Waals surface area (Å²) in [5.74, 6) is 0.924. The summed E-state index contributed by atoms with van der Waals surface area (Å²) in [6.45, 7) is 1.86. The monoisotopic (exact) mass is 261 g/mol. The first-order chi connectivity index (χ1) is 9.26. The van der Waals surface area contributed by atoms with E-state index in [-0.39, 0.29) is 5.60 Å². The molecule has 0 amide bonds. The molecular weight excluding hydrogens is 238 g/mol. The topological polar surface area (TPSA) is 21.7 Å². The van der Waals surface area contributed by atoms with Crippen molar-refractivity contribution in [3.8, 4) is 5.75 Å². The Kier molecular flexibility index (Phi) is 3.50. The van der Waals surface area contributed by atoms with Crippen LogP contribution in [0.15, 0.2) is 24.3 Å². The van der Waals surface area contributed by atoms with E-state index in [2.05, 4.69) is 30.1 Å². The largest absolute Gasteiger partial charge is 0.497 e. The van der Waals surface area contributed by atoms with E-state index in [1.165, 1.54) is 24.8 Å². The molecule has 0 aromatic heterocycles. The third-order valence-corrected chi connectivity index (χ3v) is 4.71. The van der Waals surface area contributed by atoms with Crippen LogP contribution in [-0.2, 0) is 10.3 Å². The van der Waals surface area contributed by atoms with Gasteiger partial charge in [-0.15, -0.1) is 0 Å². The summed E-state index contributed by atoms with van der Waals surface area (Å²) in [4.78, 5) is 2.47. The summed E-state index contributed by atoms with van der Waals surface area (Å²) < 4.78 is 11.7. The molecule has 1 aliphatic carbocycles. The molecule has 2 unspecified atom stereocenters. The second-order valence-electron chi connectivity index (χ2n) is 5.71. The first-order valence-corrected chi connectivity index (χ1v) is 7.25. The van der Waals surface area contributed by atoms with E-state index in [4.69, 9.17) is 9.47 Å². The van der Waals surface area contributed by atoms with Crippen LogP contribution in [0.3, 0.4) is 0 Å². The molecule has 2 fully saturated rings. The number of likely N-dealkylation sites (N-methyl/N-ethyl adjacent to an activating group) is 1. The summed E-state index contributed by atoms with van der Waals surface area (Å²) in [5, 5.41) is 0. The Morgan fingerprint density at radius 1 is 1.37 bits per heavy atom. The van der Waals surface area contributed by atoms with Crippen molar-refractivity contribution >= 4 is 0 Å². The second kappa shape index (κ2) is 5.14. The Bertz CT molecular complexity index is 444. The fourth-order valence-electron chi connectivity index (χ4n) is 3.70. The van der Waals surface area contributed by atoms with E-state index >= 15 is 0 Å². The summed E-state index contributed by atoms with van der Waals surface area (Å²) in [5.41, 5.74) is 1.16. The van der Waals surface area contributed by atoms with Crippen LogP contribution >= 0.6 is 0 Å². The maximum absolute atomic E-state index is 6.33. The zero-order chi connectivity index (χ0) is 13.3. The Labute approximate surface area is 115 Å². The van der Waals surface area contributed by atoms with Crippen molar-refractivity contribution in [2.24, 2.45) is 0 Å². The normalized spacial score (nSPS) is 31.8. The van der Waals surface area contributed by atoms with E-state index < -0.39 is 0 Å². The number of rotatable bonds is 2. The molecule has 0 N–H and O–H groups in total. The van der Waals surface area contributed by atoms with E-state index in [0.29, 0.717) is 6.04 Å². The Balaban J connectivity index is 2.01. The zero-order valence-corrected chi connectivity index (χ0v) is 11.9. The summed E-state index contributed by atoms with van der Waals surface area (Å²) >= 11 is 0. The maximum atomic E-state index is 6.33. The molecule has 1 aromatic carbocycles. The highest BCUT2D eigenvalue weighted by Gasteiger charge is 2.47. The van der Waals surface area contributed by atoms with E-state index in [0.717, 1.165) is 25.3 Å². The highest BCUT2D eigenvalue weighted by atomic mass is 16.5. The van der Waals surface area contributed by atoms with Crippen LogP contribution in [0, 0.1) is 0 Å². The van der Waals surface area contributed by atoms with Crippen molar-refractivity contribution in [3.63, 3.8) is 0 Å². The van der Waals surface area contributed by atoms with Crippen molar-refractivity contribution in [3.05, 3.63) is 29.8 Å². The molecule has 3 nitrogen and oxygen atoms in total. The molecule has 19 heavy (non-hydrogen) atoms. The number of benzene rings is 1. The molecule has 0 spiro atoms. The van der Waals surface area contributed by atoms with E-state index in [1.54, 1.807) is 7.11 Å². The lowest BCUT2D eigenvalue weighted by atomic mass is 9.74. The van der Waals surface area contributed by atoms with Crippen LogP contribution in [0.4, 0.5) is 0 Å². The van der Waals surface area contributed by atoms with Crippen molar-refractivity contribution in [2.75, 3.05) is 27.3 Å². The van der Waals surface area contributed by atoms with Gasteiger partial charge in [0.25, 0.3) is 0 Å². The molecule has 3 heteroatoms. The van der Waals surface area contributed by atoms with E-state index in [9.17, 15) is 0 Å². The van der Waals surface area contributed by atoms with Gasteiger partial charge >= 0.3 is 0 Å². The van der Waals surface area contributed by atoms with Gasteiger partial charge in [-0.3, -0.25) is 4.90 Å². The highest BCUT2D eigenvalue weighted by molar-refractivity contribution is 5.34. The number of nitrogens with zero attached hydrogens (tertiary/aromatic N) is 1. The molecule has 1 saturated heterocycles. The van der Waals surface area contributed by atoms with Gasteiger partial charge in [0.1, 0.15) is 11.4 Å².